The summed E-state index contributed by atoms with van der Waals surface area (Å²) in [6.45, 7) is 2.98. The second-order valence-corrected chi connectivity index (χ2v) is 12.4. The number of rotatable bonds is 9. The Labute approximate surface area is 268 Å². The number of methoxy groups -OCH3 is 1. The molecule has 0 bridgehead atoms. The van der Waals surface area contributed by atoms with E-state index >= 15 is 4.39 Å². The summed E-state index contributed by atoms with van der Waals surface area (Å²) in [5.41, 5.74) is 0.409. The summed E-state index contributed by atoms with van der Waals surface area (Å²) < 4.78 is 37.6. The van der Waals surface area contributed by atoms with Crippen LogP contribution in [0.2, 0.25) is 10.0 Å². The molecule has 0 radical (unpaired) electrons. The summed E-state index contributed by atoms with van der Waals surface area (Å²) >= 11 is 12.4. The predicted octanol–water partition coefficient (Wildman–Crippen LogP) is 7.82. The van der Waals surface area contributed by atoms with Crippen molar-refractivity contribution in [1.82, 2.24) is 20.1 Å². The van der Waals surface area contributed by atoms with Gasteiger partial charge in [-0.15, -0.1) is 0 Å². The van der Waals surface area contributed by atoms with Crippen LogP contribution in [0.15, 0.2) is 66.9 Å². The molecule has 0 spiro atoms. The Hall–Kier alpha value is -4.05. The second kappa shape index (κ2) is 12.0. The van der Waals surface area contributed by atoms with Crippen molar-refractivity contribution in [3.05, 3.63) is 111 Å². The smallest absolute Gasteiger partial charge is 0.251 e. The molecule has 5 aromatic rings. The minimum absolute atomic E-state index is 0.0471. The van der Waals surface area contributed by atoms with Gasteiger partial charge in [0.15, 0.2) is 5.82 Å². The van der Waals surface area contributed by atoms with E-state index in [4.69, 9.17) is 27.9 Å². The van der Waals surface area contributed by atoms with Gasteiger partial charge in [0.2, 0.25) is 0 Å². The highest BCUT2D eigenvalue weighted by molar-refractivity contribution is 6.43. The van der Waals surface area contributed by atoms with Crippen LogP contribution in [0.5, 0.6) is 5.75 Å². The number of nitrogens with one attached hydrogen (secondary N) is 1. The number of nitrogens with zero attached hydrogens (tertiary/aromatic N) is 3. The van der Waals surface area contributed by atoms with Crippen LogP contribution in [-0.2, 0) is 5.60 Å². The predicted molar refractivity (Wildman–Crippen MR) is 170 cm³/mol. The lowest BCUT2D eigenvalue weighted by molar-refractivity contribution is 0.0743. The van der Waals surface area contributed by atoms with Crippen LogP contribution in [0, 0.1) is 11.6 Å². The summed E-state index contributed by atoms with van der Waals surface area (Å²) in [4.78, 5) is 18.2. The number of amides is 1. The first-order chi connectivity index (χ1) is 21.5. The number of ether oxygens (including phenoxy) is 1. The average molecular weight is 652 g/mol. The molecular weight excluding hydrogens is 621 g/mol. The molecule has 1 aliphatic carbocycles. The van der Waals surface area contributed by atoms with Gasteiger partial charge in [-0.1, -0.05) is 53.5 Å². The number of aliphatic hydroxyl groups is 1. The van der Waals surface area contributed by atoms with E-state index in [1.54, 1.807) is 12.1 Å². The molecule has 0 saturated heterocycles. The van der Waals surface area contributed by atoms with Crippen molar-refractivity contribution in [3.8, 4) is 17.0 Å². The van der Waals surface area contributed by atoms with E-state index in [0.29, 0.717) is 28.6 Å². The maximum Gasteiger partial charge on any atom is 0.251 e. The molecule has 1 aliphatic rings. The van der Waals surface area contributed by atoms with Crippen molar-refractivity contribution in [1.29, 1.82) is 0 Å². The topological polar surface area (TPSA) is 89.3 Å². The van der Waals surface area contributed by atoms with Gasteiger partial charge in [-0.2, -0.15) is 5.10 Å². The number of pyridine rings is 1. The van der Waals surface area contributed by atoms with Gasteiger partial charge in [-0.25, -0.2) is 13.8 Å². The fourth-order valence-electron chi connectivity index (χ4n) is 5.37. The van der Waals surface area contributed by atoms with E-state index in [2.05, 4.69) is 15.4 Å². The van der Waals surface area contributed by atoms with Crippen LogP contribution in [0.1, 0.15) is 65.8 Å². The van der Waals surface area contributed by atoms with Gasteiger partial charge in [-0.3, -0.25) is 9.48 Å². The van der Waals surface area contributed by atoms with Gasteiger partial charge >= 0.3 is 0 Å². The third-order valence-corrected chi connectivity index (χ3v) is 8.81. The summed E-state index contributed by atoms with van der Waals surface area (Å²) in [5.74, 6) is -2.02. The number of fused-ring (bicyclic) bond motifs is 1. The first-order valence-electron chi connectivity index (χ1n) is 14.4. The van der Waals surface area contributed by atoms with Crippen LogP contribution in [-0.4, -0.2) is 39.4 Å². The molecule has 1 amide bonds. The SMILES string of the molecule is COc1cc(C(=O)NC[C@@H](c2ccccc2)c2cc(C(C)(C)O)c(F)c(-c3ccc(F)c(Cl)c3Cl)n2)cc2cn(C3CC3)nc12. The number of halogens is 4. The molecule has 0 unspecified atom stereocenters. The highest BCUT2D eigenvalue weighted by Gasteiger charge is 2.30. The van der Waals surface area contributed by atoms with Crippen molar-refractivity contribution in [2.75, 3.05) is 13.7 Å². The maximum atomic E-state index is 16.0. The number of benzene rings is 3. The third kappa shape index (κ3) is 6.12. The molecule has 2 heterocycles. The van der Waals surface area contributed by atoms with Crippen molar-refractivity contribution in [2.45, 2.75) is 44.2 Å². The summed E-state index contributed by atoms with van der Waals surface area (Å²) in [5, 5.41) is 18.8. The first kappa shape index (κ1) is 31.0. The monoisotopic (exact) mass is 650 g/mol. The van der Waals surface area contributed by atoms with E-state index in [-0.39, 0.29) is 39.3 Å². The van der Waals surface area contributed by atoms with E-state index in [1.165, 1.54) is 33.1 Å². The fourth-order valence-corrected chi connectivity index (χ4v) is 5.78. The van der Waals surface area contributed by atoms with Crippen molar-refractivity contribution in [2.24, 2.45) is 0 Å². The minimum atomic E-state index is -1.62. The third-order valence-electron chi connectivity index (χ3n) is 7.95. The molecular formula is C34H30Cl2F2N4O3. The molecule has 45 heavy (non-hydrogen) atoms. The van der Waals surface area contributed by atoms with Crippen LogP contribution in [0.3, 0.4) is 0 Å². The molecule has 3 aromatic carbocycles. The highest BCUT2D eigenvalue weighted by Crippen LogP contribution is 2.40. The van der Waals surface area contributed by atoms with Gasteiger partial charge < -0.3 is 15.2 Å². The summed E-state index contributed by atoms with van der Waals surface area (Å²) in [6.07, 6.45) is 4.06. The largest absolute Gasteiger partial charge is 0.494 e. The molecule has 232 valence electrons. The van der Waals surface area contributed by atoms with Crippen molar-refractivity contribution >= 4 is 40.0 Å². The first-order valence-corrected chi connectivity index (χ1v) is 15.2. The molecule has 11 heteroatoms. The average Bonchev–Trinajstić information content (AvgIpc) is 3.78. The van der Waals surface area contributed by atoms with Crippen LogP contribution in [0.4, 0.5) is 8.78 Å². The summed E-state index contributed by atoms with van der Waals surface area (Å²) in [7, 11) is 1.54. The van der Waals surface area contributed by atoms with Crippen molar-refractivity contribution < 1.29 is 23.4 Å². The zero-order chi connectivity index (χ0) is 32.0. The van der Waals surface area contributed by atoms with Crippen LogP contribution in [0.25, 0.3) is 22.2 Å². The Kier molecular flexibility index (Phi) is 8.28. The Bertz CT molecular complexity index is 1920. The zero-order valence-corrected chi connectivity index (χ0v) is 26.3. The van der Waals surface area contributed by atoms with E-state index in [1.807, 2.05) is 41.2 Å². The number of carbonyl (C=O) groups excluding carboxylic acids is 1. The van der Waals surface area contributed by atoms with Gasteiger partial charge in [-0.05, 0) is 62.6 Å². The number of hydrogen-bond donors (Lipinski definition) is 2. The molecule has 2 aromatic heterocycles. The van der Waals surface area contributed by atoms with E-state index in [0.717, 1.165) is 29.9 Å². The lowest BCUT2D eigenvalue weighted by atomic mass is 9.89. The molecule has 6 rings (SSSR count). The quantitative estimate of drug-likeness (QED) is 0.159. The Morgan fingerprint density at radius 3 is 2.51 bits per heavy atom. The lowest BCUT2D eigenvalue weighted by Gasteiger charge is -2.25. The maximum absolute atomic E-state index is 16.0. The normalized spacial score (nSPS) is 14.0. The molecule has 0 aliphatic heterocycles. The lowest BCUT2D eigenvalue weighted by Crippen LogP contribution is -2.30. The van der Waals surface area contributed by atoms with E-state index in [9.17, 15) is 14.3 Å². The molecule has 2 N–H and O–H groups in total. The Morgan fingerprint density at radius 2 is 1.84 bits per heavy atom. The molecule has 1 saturated carbocycles. The minimum Gasteiger partial charge on any atom is -0.494 e. The van der Waals surface area contributed by atoms with Crippen LogP contribution >= 0.6 is 23.2 Å². The number of aromatic nitrogens is 3. The molecule has 1 fully saturated rings. The standard InChI is InChI=1S/C34H30Cl2F2N4O3/c1-34(2,44)24-15-26(40-32(30(24)38)22-11-12-25(37)29(36)28(22)35)23(18-7-5-4-6-8-18)16-39-33(43)19-13-20-17-42(21-9-10-21)41-31(20)27(14-19)45-3/h4-8,11-15,17,21,23,44H,9-10,16H2,1-3H3,(H,39,43)/t23-/m0/s1. The van der Waals surface area contributed by atoms with Gasteiger partial charge in [0.05, 0.1) is 34.5 Å². The second-order valence-electron chi connectivity index (χ2n) is 11.7. The number of carbonyl (C=O) groups is 1. The highest BCUT2D eigenvalue weighted by atomic mass is 35.5. The number of hydrogen-bond acceptors (Lipinski definition) is 5. The van der Waals surface area contributed by atoms with Gasteiger partial charge in [0, 0.05) is 40.7 Å². The molecule has 7 nitrogen and oxygen atoms in total. The van der Waals surface area contributed by atoms with Gasteiger partial charge in [0.25, 0.3) is 5.91 Å². The van der Waals surface area contributed by atoms with Crippen LogP contribution < -0.4 is 10.1 Å². The Morgan fingerprint density at radius 1 is 1.11 bits per heavy atom. The summed E-state index contributed by atoms with van der Waals surface area (Å²) in [6, 6.07) is 16.9. The van der Waals surface area contributed by atoms with Gasteiger partial charge in [0.1, 0.15) is 22.8 Å². The zero-order valence-electron chi connectivity index (χ0n) is 24.7. The fraction of sp³-hybridized carbons (Fsp3) is 0.265. The molecule has 1 atom stereocenters. The van der Waals surface area contributed by atoms with E-state index < -0.39 is 23.2 Å². The van der Waals surface area contributed by atoms with Crippen molar-refractivity contribution in [3.63, 3.8) is 0 Å². The Balaban J connectivity index is 1.40.